The number of rotatable bonds is 10. The molecule has 0 radical (unpaired) electrons. The zero-order valence-electron chi connectivity index (χ0n) is 54.9. The minimum atomic E-state index is -0.586. The topological polar surface area (TPSA) is 174 Å². The number of hydrogen-bond acceptors (Lipinski definition) is 12. The predicted molar refractivity (Wildman–Crippen MR) is 416 cm³/mol. The maximum atomic E-state index is 12.0. The smallest absolute Gasteiger partial charge is 0.296 e. The van der Waals surface area contributed by atoms with Gasteiger partial charge in [-0.05, 0) is 159 Å². The normalized spacial score (nSPS) is 12.5. The summed E-state index contributed by atoms with van der Waals surface area (Å²) in [5.74, 6) is -0.849. The number of carbonyl (C=O) groups excluding carboxylic acids is 2. The van der Waals surface area contributed by atoms with E-state index in [0.29, 0.717) is 11.3 Å². The maximum Gasteiger partial charge on any atom is 0.296 e. The molecule has 488 valence electrons. The third-order valence-electron chi connectivity index (χ3n) is 18.4. The Kier molecular flexibility index (Phi) is 17.2. The lowest BCUT2D eigenvalue weighted by Crippen LogP contribution is -2.29. The van der Waals surface area contributed by atoms with Crippen molar-refractivity contribution < 1.29 is 14.7 Å². The summed E-state index contributed by atoms with van der Waals surface area (Å²) < 4.78 is 2.10. The van der Waals surface area contributed by atoms with Crippen molar-refractivity contribution in [3.8, 4) is 11.4 Å². The Bertz CT molecular complexity index is 5720. The van der Waals surface area contributed by atoms with Gasteiger partial charge in [0.15, 0.2) is 0 Å². The molecular formula is C87H67N11O3. The second-order valence-electron chi connectivity index (χ2n) is 24.9. The van der Waals surface area contributed by atoms with Crippen LogP contribution in [-0.2, 0) is 4.79 Å². The fourth-order valence-corrected chi connectivity index (χ4v) is 13.4. The Labute approximate surface area is 582 Å². The summed E-state index contributed by atoms with van der Waals surface area (Å²) in [6.07, 6.45) is 8.06. The molecule has 5 aromatic heterocycles. The van der Waals surface area contributed by atoms with Crippen LogP contribution in [0.1, 0.15) is 29.6 Å². The fraction of sp³-hybridized carbons (Fsp3) is 0.0575. The molecule has 19 rings (SSSR count). The largest absolute Gasteiger partial charge is 0.508 e. The first kappa shape index (κ1) is 62.4. The van der Waals surface area contributed by atoms with Crippen molar-refractivity contribution in [2.24, 2.45) is 0 Å². The molecule has 1 saturated heterocycles. The molecule has 1 amide bonds. The maximum absolute atomic E-state index is 12.0. The van der Waals surface area contributed by atoms with Gasteiger partial charge in [-0.15, -0.1) is 0 Å². The van der Waals surface area contributed by atoms with Crippen LogP contribution in [0.15, 0.2) is 310 Å². The van der Waals surface area contributed by atoms with Crippen LogP contribution in [-0.4, -0.2) is 54.4 Å². The summed E-state index contributed by atoms with van der Waals surface area (Å²) in [5.41, 5.74) is 19.0. The molecule has 14 nitrogen and oxygen atoms in total. The van der Waals surface area contributed by atoms with Crippen molar-refractivity contribution in [3.63, 3.8) is 0 Å². The molecule has 101 heavy (non-hydrogen) atoms. The zero-order valence-corrected chi connectivity index (χ0v) is 54.9. The molecule has 2 aliphatic heterocycles. The van der Waals surface area contributed by atoms with Crippen LogP contribution in [0, 0.1) is 0 Å². The number of nitrogens with zero attached hydrogens (tertiary/aromatic N) is 6. The highest BCUT2D eigenvalue weighted by atomic mass is 16.3. The average molecular weight is 1310 g/mol. The minimum Gasteiger partial charge on any atom is -0.508 e. The Hall–Kier alpha value is -13.5. The molecule has 0 atom stereocenters. The van der Waals surface area contributed by atoms with Gasteiger partial charge in [-0.25, -0.2) is 19.9 Å². The molecule has 6 N–H and O–H groups in total. The number of Topliss-reactive ketones (excluding diaryl/α,β-unsaturated/α-hetero) is 1. The number of phenolic OH excluding ortho intramolecular Hbond substituents is 1. The summed E-state index contributed by atoms with van der Waals surface area (Å²) in [7, 11) is 0. The highest BCUT2D eigenvalue weighted by Gasteiger charge is 2.28. The zero-order chi connectivity index (χ0) is 68.0. The van der Waals surface area contributed by atoms with Gasteiger partial charge < -0.3 is 41.2 Å². The number of aromatic hydroxyl groups is 1. The average Bonchev–Trinajstić information content (AvgIpc) is 1.80. The first-order valence-corrected chi connectivity index (χ1v) is 33.8. The Morgan fingerprint density at radius 3 is 1.01 bits per heavy atom. The van der Waals surface area contributed by atoms with Gasteiger partial charge in [-0.1, -0.05) is 152 Å². The van der Waals surface area contributed by atoms with Crippen LogP contribution in [0.2, 0.25) is 0 Å². The lowest BCUT2D eigenvalue weighted by molar-refractivity contribution is -0.112. The molecule has 7 heterocycles. The Balaban J connectivity index is 0.000000105. The van der Waals surface area contributed by atoms with E-state index in [1.165, 1.54) is 38.0 Å². The molecule has 2 aliphatic rings. The van der Waals surface area contributed by atoms with Crippen LogP contribution in [0.4, 0.5) is 56.9 Å². The van der Waals surface area contributed by atoms with Crippen molar-refractivity contribution in [1.29, 1.82) is 0 Å². The number of anilines is 10. The molecule has 17 aromatic rings. The van der Waals surface area contributed by atoms with Crippen molar-refractivity contribution >= 4 is 156 Å². The third-order valence-corrected chi connectivity index (χ3v) is 18.4. The highest BCUT2D eigenvalue weighted by molar-refractivity contribution is 6.51. The molecule has 0 bridgehead atoms. The molecule has 0 unspecified atom stereocenters. The van der Waals surface area contributed by atoms with Gasteiger partial charge in [-0.3, -0.25) is 9.59 Å². The van der Waals surface area contributed by atoms with Crippen LogP contribution >= 0.6 is 0 Å². The van der Waals surface area contributed by atoms with Crippen molar-refractivity contribution in [2.45, 2.75) is 19.3 Å². The van der Waals surface area contributed by atoms with E-state index in [1.54, 1.807) is 24.3 Å². The minimum absolute atomic E-state index is 0.243. The Morgan fingerprint density at radius 2 is 0.644 bits per heavy atom. The number of piperidine rings is 1. The molecule has 0 spiro atoms. The number of aromatic nitrogens is 5. The number of nitrogens with one attached hydrogen (secondary N) is 5. The summed E-state index contributed by atoms with van der Waals surface area (Å²) in [4.78, 5) is 45.0. The highest BCUT2D eigenvalue weighted by Crippen LogP contribution is 2.39. The number of hydrogen-bond donors (Lipinski definition) is 6. The van der Waals surface area contributed by atoms with Crippen LogP contribution in [0.25, 0.3) is 92.9 Å². The van der Waals surface area contributed by atoms with Crippen LogP contribution in [0.5, 0.6) is 5.75 Å². The van der Waals surface area contributed by atoms with Gasteiger partial charge in [0, 0.05) is 109 Å². The summed E-state index contributed by atoms with van der Waals surface area (Å²) in [5, 5.41) is 35.0. The standard InChI is InChI=1S/C24H23N3.C23H17N3.C21H13N3O2.C19H14N2O/c1-6-16-27(17-7-1)19-14-12-18(13-15-19)25-24-20-8-2-4-10-22(20)26-23-11-5-3-9-21(23)24;1-3-9-21-19(7-1)23(20-8-2-4-10-22(20)25-21)24-17-11-13-18(14-12-17)26-15-5-6-16-26;25-20-15-11-12(9-10-18(15)24-21(20)26)22-19-13-5-1-3-7-16(13)23-17-8-4-2-6-14(17)19;22-14-7-5-6-13(12-14)20-19-15-8-1-3-10-17(15)21-18-11-4-2-9-16(18)19/h2-5,8-15H,1,6-7,16-17H2,(H,25,26);1-16H,(H,24,25);1-11H,(H,22,23)(H,24,25,26);1-12,22H,(H,20,21). The molecular weight excluding hydrogens is 1250 g/mol. The summed E-state index contributed by atoms with van der Waals surface area (Å²) in [6, 6.07) is 98.9. The van der Waals surface area contributed by atoms with Gasteiger partial charge in [-0.2, -0.15) is 0 Å². The van der Waals surface area contributed by atoms with Crippen LogP contribution in [0.3, 0.4) is 0 Å². The number of carbonyl (C=O) groups is 2. The molecule has 0 saturated carbocycles. The van der Waals surface area contributed by atoms with Crippen molar-refractivity contribution in [3.05, 3.63) is 315 Å². The van der Waals surface area contributed by atoms with E-state index in [-0.39, 0.29) is 5.75 Å². The fourth-order valence-electron chi connectivity index (χ4n) is 13.4. The first-order chi connectivity index (χ1) is 49.8. The lowest BCUT2D eigenvalue weighted by Gasteiger charge is -2.29. The van der Waals surface area contributed by atoms with Crippen molar-refractivity contribution in [1.82, 2.24) is 24.5 Å². The second-order valence-corrected chi connectivity index (χ2v) is 24.9. The van der Waals surface area contributed by atoms with E-state index in [9.17, 15) is 14.7 Å². The summed E-state index contributed by atoms with van der Waals surface area (Å²) in [6.45, 7) is 2.35. The lowest BCUT2D eigenvalue weighted by atomic mass is 10.1. The molecule has 12 aromatic carbocycles. The number of amides is 1. The number of para-hydroxylation sites is 8. The van der Waals surface area contributed by atoms with Gasteiger partial charge in [0.2, 0.25) is 0 Å². The van der Waals surface area contributed by atoms with Crippen molar-refractivity contribution in [2.75, 3.05) is 44.6 Å². The monoisotopic (exact) mass is 1310 g/mol. The number of fused-ring (bicyclic) bond motifs is 9. The summed E-state index contributed by atoms with van der Waals surface area (Å²) >= 11 is 0. The van der Waals surface area contributed by atoms with E-state index in [4.69, 9.17) is 19.9 Å². The van der Waals surface area contributed by atoms with E-state index in [1.807, 2.05) is 152 Å². The van der Waals surface area contributed by atoms with E-state index in [0.717, 1.165) is 138 Å². The number of benzene rings is 12. The van der Waals surface area contributed by atoms with Gasteiger partial charge in [0.1, 0.15) is 5.75 Å². The van der Waals surface area contributed by atoms with Crippen LogP contribution < -0.4 is 31.5 Å². The Morgan fingerprint density at radius 1 is 0.317 bits per heavy atom. The van der Waals surface area contributed by atoms with Gasteiger partial charge in [0.25, 0.3) is 11.7 Å². The molecule has 0 aliphatic carbocycles. The molecule has 1 fully saturated rings. The second kappa shape index (κ2) is 27.9. The number of phenols is 1. The number of ketones is 1. The quantitative estimate of drug-likeness (QED) is 0.0566. The molecule has 14 heteroatoms. The predicted octanol–water partition coefficient (Wildman–Crippen LogP) is 21.1. The SMILES string of the molecule is O=C1Nc2ccc(Nc3c4ccccc4nc4ccccc34)cc2C1=O.Oc1cccc(Nc2c3ccccc3nc3ccccc23)c1.c1ccc2c(Nc3ccc(-n4cccc4)cc3)c3ccccc3nc2c1.c1ccc2c(Nc3ccc(N4CCCCC4)cc3)c3ccccc3nc2c1. The van der Waals surface area contributed by atoms with Gasteiger partial charge in [0.05, 0.1) is 78.1 Å². The van der Waals surface area contributed by atoms with E-state index >= 15 is 0 Å². The number of pyridine rings is 4. The third kappa shape index (κ3) is 13.2. The van der Waals surface area contributed by atoms with Gasteiger partial charge >= 0.3 is 0 Å². The first-order valence-electron chi connectivity index (χ1n) is 33.8. The van der Waals surface area contributed by atoms with E-state index < -0.39 is 11.7 Å². The van der Waals surface area contributed by atoms with E-state index in [2.05, 4.69) is 170 Å².